The molecule has 2 aromatic rings. The fourth-order valence-electron chi connectivity index (χ4n) is 2.67. The van der Waals surface area contributed by atoms with Crippen molar-refractivity contribution in [1.82, 2.24) is 4.31 Å². The Bertz CT molecular complexity index is 805. The van der Waals surface area contributed by atoms with Gasteiger partial charge in [-0.2, -0.15) is 4.31 Å². The van der Waals surface area contributed by atoms with Crippen LogP contribution in [0, 0.1) is 5.82 Å². The summed E-state index contributed by atoms with van der Waals surface area (Å²) >= 11 is 6.18. The smallest absolute Gasteiger partial charge is 0.246 e. The van der Waals surface area contributed by atoms with E-state index in [9.17, 15) is 12.8 Å². The van der Waals surface area contributed by atoms with E-state index in [4.69, 9.17) is 11.6 Å². The van der Waals surface area contributed by atoms with E-state index in [-0.39, 0.29) is 4.90 Å². The largest absolute Gasteiger partial charge is 0.368 e. The minimum atomic E-state index is -3.81. The first-order valence-corrected chi connectivity index (χ1v) is 9.06. The summed E-state index contributed by atoms with van der Waals surface area (Å²) in [4.78, 5) is 1.77. The summed E-state index contributed by atoms with van der Waals surface area (Å²) in [5.74, 6) is -0.721. The second-order valence-corrected chi connectivity index (χ2v) is 7.59. The summed E-state index contributed by atoms with van der Waals surface area (Å²) in [7, 11) is -3.81. The molecule has 0 atom stereocenters. The molecule has 122 valence electrons. The lowest BCUT2D eigenvalue weighted by molar-refractivity contribution is 0.382. The molecule has 1 aliphatic rings. The Kier molecular flexibility index (Phi) is 4.57. The number of hydrogen-bond donors (Lipinski definition) is 0. The number of anilines is 1. The fraction of sp³-hybridized carbons (Fsp3) is 0.250. The molecule has 0 unspecified atom stereocenters. The van der Waals surface area contributed by atoms with Crippen LogP contribution in [-0.4, -0.2) is 38.9 Å². The molecular weight excluding hydrogens is 339 g/mol. The highest BCUT2D eigenvalue weighted by Crippen LogP contribution is 2.27. The van der Waals surface area contributed by atoms with Crippen molar-refractivity contribution in [1.29, 1.82) is 0 Å². The van der Waals surface area contributed by atoms with Gasteiger partial charge in [0.25, 0.3) is 0 Å². The predicted molar refractivity (Wildman–Crippen MR) is 88.8 cm³/mol. The van der Waals surface area contributed by atoms with Crippen LogP contribution in [0.3, 0.4) is 0 Å². The Labute approximate surface area is 140 Å². The Morgan fingerprint density at radius 2 is 1.52 bits per heavy atom. The number of para-hydroxylation sites is 1. The van der Waals surface area contributed by atoms with Gasteiger partial charge in [-0.15, -0.1) is 0 Å². The summed E-state index contributed by atoms with van der Waals surface area (Å²) < 4.78 is 40.2. The van der Waals surface area contributed by atoms with Gasteiger partial charge in [-0.3, -0.25) is 0 Å². The van der Waals surface area contributed by atoms with Gasteiger partial charge in [-0.05, 0) is 24.3 Å². The van der Waals surface area contributed by atoms with Crippen LogP contribution in [0.25, 0.3) is 0 Å². The molecule has 0 spiro atoms. The molecule has 0 amide bonds. The van der Waals surface area contributed by atoms with Crippen LogP contribution < -0.4 is 4.90 Å². The van der Waals surface area contributed by atoms with Crippen molar-refractivity contribution in [3.63, 3.8) is 0 Å². The van der Waals surface area contributed by atoms with E-state index < -0.39 is 15.8 Å². The zero-order valence-electron chi connectivity index (χ0n) is 12.3. The van der Waals surface area contributed by atoms with Crippen LogP contribution in [0.2, 0.25) is 5.02 Å². The molecule has 23 heavy (non-hydrogen) atoms. The summed E-state index contributed by atoms with van der Waals surface area (Å²) in [5, 5.41) is 0.637. The van der Waals surface area contributed by atoms with Crippen LogP contribution in [-0.2, 0) is 10.0 Å². The van der Waals surface area contributed by atoms with Crippen LogP contribution in [0.5, 0.6) is 0 Å². The minimum Gasteiger partial charge on any atom is -0.368 e. The molecule has 1 heterocycles. The number of sulfonamides is 1. The van der Waals surface area contributed by atoms with E-state index in [1.165, 1.54) is 22.5 Å². The molecule has 0 N–H and O–H groups in total. The Hall–Kier alpha value is -1.63. The molecule has 0 aliphatic carbocycles. The van der Waals surface area contributed by atoms with Gasteiger partial charge in [0.2, 0.25) is 10.0 Å². The van der Waals surface area contributed by atoms with Gasteiger partial charge in [0.15, 0.2) is 0 Å². The maximum atomic E-state index is 13.8. The van der Waals surface area contributed by atoms with Gasteiger partial charge in [0, 0.05) is 26.2 Å². The standard InChI is InChI=1S/C16H16ClFN2O2S/c17-13-5-1-3-7-15(13)19-9-11-20(12-10-19)23(21,22)16-8-4-2-6-14(16)18/h1-8H,9-12H2. The third-order valence-electron chi connectivity index (χ3n) is 3.89. The maximum absolute atomic E-state index is 13.8. The first-order valence-electron chi connectivity index (χ1n) is 7.24. The van der Waals surface area contributed by atoms with Crippen LogP contribution in [0.1, 0.15) is 0 Å². The molecule has 0 bridgehead atoms. The number of benzene rings is 2. The lowest BCUT2D eigenvalue weighted by atomic mass is 10.2. The van der Waals surface area contributed by atoms with Crippen LogP contribution >= 0.6 is 11.6 Å². The van der Waals surface area contributed by atoms with Crippen LogP contribution in [0.4, 0.5) is 10.1 Å². The SMILES string of the molecule is O=S(=O)(c1ccccc1F)N1CCN(c2ccccc2Cl)CC1. The highest BCUT2D eigenvalue weighted by Gasteiger charge is 2.30. The molecule has 7 heteroatoms. The molecule has 0 aromatic heterocycles. The molecule has 0 saturated carbocycles. The van der Waals surface area contributed by atoms with Crippen molar-refractivity contribution in [2.75, 3.05) is 31.1 Å². The normalized spacial score (nSPS) is 16.5. The van der Waals surface area contributed by atoms with E-state index in [2.05, 4.69) is 0 Å². The molecule has 2 aromatic carbocycles. The quantitative estimate of drug-likeness (QED) is 0.850. The van der Waals surface area contributed by atoms with Crippen molar-refractivity contribution in [3.05, 3.63) is 59.4 Å². The summed E-state index contributed by atoms with van der Waals surface area (Å²) in [5.41, 5.74) is 0.886. The van der Waals surface area contributed by atoms with Gasteiger partial charge in [0.1, 0.15) is 10.7 Å². The second-order valence-electron chi connectivity index (χ2n) is 5.27. The number of hydrogen-bond acceptors (Lipinski definition) is 3. The third kappa shape index (κ3) is 3.20. The molecule has 1 fully saturated rings. The van der Waals surface area contributed by atoms with E-state index in [0.717, 1.165) is 11.8 Å². The van der Waals surface area contributed by atoms with Crippen molar-refractivity contribution in [3.8, 4) is 0 Å². The highest BCUT2D eigenvalue weighted by molar-refractivity contribution is 7.89. The molecule has 4 nitrogen and oxygen atoms in total. The number of piperazine rings is 1. The van der Waals surface area contributed by atoms with Gasteiger partial charge < -0.3 is 4.90 Å². The van der Waals surface area contributed by atoms with Crippen molar-refractivity contribution < 1.29 is 12.8 Å². The number of rotatable bonds is 3. The summed E-state index contributed by atoms with van der Waals surface area (Å²) in [6.07, 6.45) is 0. The average molecular weight is 355 g/mol. The summed E-state index contributed by atoms with van der Waals surface area (Å²) in [6.45, 7) is 1.61. The monoisotopic (exact) mass is 354 g/mol. The molecular formula is C16H16ClFN2O2S. The fourth-order valence-corrected chi connectivity index (χ4v) is 4.41. The first-order chi connectivity index (χ1) is 11.0. The zero-order chi connectivity index (χ0) is 16.4. The van der Waals surface area contributed by atoms with Gasteiger partial charge in [0.05, 0.1) is 10.7 Å². The topological polar surface area (TPSA) is 40.6 Å². The van der Waals surface area contributed by atoms with Crippen LogP contribution in [0.15, 0.2) is 53.4 Å². The molecule has 1 saturated heterocycles. The van der Waals surface area contributed by atoms with E-state index in [0.29, 0.717) is 31.2 Å². The van der Waals surface area contributed by atoms with E-state index in [1.807, 2.05) is 23.1 Å². The van der Waals surface area contributed by atoms with Crippen molar-refractivity contribution in [2.24, 2.45) is 0 Å². The Morgan fingerprint density at radius 3 is 2.17 bits per heavy atom. The van der Waals surface area contributed by atoms with Crippen molar-refractivity contribution in [2.45, 2.75) is 4.90 Å². The van der Waals surface area contributed by atoms with E-state index >= 15 is 0 Å². The van der Waals surface area contributed by atoms with Gasteiger partial charge >= 0.3 is 0 Å². The highest BCUT2D eigenvalue weighted by atomic mass is 35.5. The minimum absolute atomic E-state index is 0.272. The molecule has 0 radical (unpaired) electrons. The lowest BCUT2D eigenvalue weighted by Crippen LogP contribution is -2.48. The van der Waals surface area contributed by atoms with Crippen molar-refractivity contribution >= 4 is 27.3 Å². The van der Waals surface area contributed by atoms with Gasteiger partial charge in [-0.1, -0.05) is 35.9 Å². The average Bonchev–Trinajstić information content (AvgIpc) is 2.56. The Balaban J connectivity index is 1.77. The number of halogens is 2. The zero-order valence-corrected chi connectivity index (χ0v) is 13.9. The molecule has 1 aliphatic heterocycles. The molecule has 3 rings (SSSR count). The first kappa shape index (κ1) is 16.2. The predicted octanol–water partition coefficient (Wildman–Crippen LogP) is 2.99. The Morgan fingerprint density at radius 1 is 0.913 bits per heavy atom. The second kappa shape index (κ2) is 6.47. The number of nitrogens with zero attached hydrogens (tertiary/aromatic N) is 2. The lowest BCUT2D eigenvalue weighted by Gasteiger charge is -2.35. The summed E-state index contributed by atoms with van der Waals surface area (Å²) in [6, 6.07) is 12.9. The maximum Gasteiger partial charge on any atom is 0.246 e. The van der Waals surface area contributed by atoms with E-state index in [1.54, 1.807) is 6.07 Å². The van der Waals surface area contributed by atoms with Gasteiger partial charge in [-0.25, -0.2) is 12.8 Å². The third-order valence-corrected chi connectivity index (χ3v) is 6.14.